The van der Waals surface area contributed by atoms with E-state index in [2.05, 4.69) is 15.3 Å². The number of amides is 1. The van der Waals surface area contributed by atoms with Crippen LogP contribution in [0.25, 0.3) is 22.0 Å². The number of rotatable bonds is 8. The summed E-state index contributed by atoms with van der Waals surface area (Å²) in [7, 11) is -3.66. The van der Waals surface area contributed by atoms with Gasteiger partial charge >= 0.3 is 5.76 Å². The predicted molar refractivity (Wildman–Crippen MR) is 162 cm³/mol. The molecule has 1 aliphatic rings. The summed E-state index contributed by atoms with van der Waals surface area (Å²) in [5, 5.41) is 13.2. The van der Waals surface area contributed by atoms with Crippen molar-refractivity contribution in [2.45, 2.75) is 42.6 Å². The van der Waals surface area contributed by atoms with E-state index >= 15 is 4.39 Å². The third-order valence-electron chi connectivity index (χ3n) is 7.62. The average Bonchev–Trinajstić information content (AvgIpc) is 2.99. The number of alkyl halides is 2. The van der Waals surface area contributed by atoms with Crippen LogP contribution in [0.15, 0.2) is 59.6 Å². The molecular formula is C30H28ClF3N5O5S+. The van der Waals surface area contributed by atoms with Gasteiger partial charge in [-0.1, -0.05) is 17.7 Å². The molecule has 2 aromatic carbocycles. The summed E-state index contributed by atoms with van der Waals surface area (Å²) in [6, 6.07) is 10.5. The first kappa shape index (κ1) is 32.3. The molecule has 5 rings (SSSR count). The summed E-state index contributed by atoms with van der Waals surface area (Å²) >= 11 is 5.88. The summed E-state index contributed by atoms with van der Waals surface area (Å²) in [4.78, 5) is 35.1. The van der Waals surface area contributed by atoms with E-state index < -0.39 is 37.8 Å². The number of anilines is 1. The number of carbonyl (C=O) groups excluding carboxylic acids is 1. The number of aliphatic hydroxyl groups is 1. The molecule has 0 saturated carbocycles. The van der Waals surface area contributed by atoms with Crippen LogP contribution in [0.5, 0.6) is 0 Å². The predicted octanol–water partition coefficient (Wildman–Crippen LogP) is 5.41. The van der Waals surface area contributed by atoms with Gasteiger partial charge in [-0.05, 0) is 50.1 Å². The Balaban J connectivity index is 1.43. The summed E-state index contributed by atoms with van der Waals surface area (Å²) in [5.74, 6) is -4.66. The van der Waals surface area contributed by atoms with Crippen LogP contribution in [0.2, 0.25) is 5.02 Å². The molecule has 0 radical (unpaired) electrons. The molecular weight excluding hydrogens is 635 g/mol. The number of nitrogens with zero attached hydrogens (tertiary/aromatic N) is 4. The molecule has 3 heterocycles. The summed E-state index contributed by atoms with van der Waals surface area (Å²) in [6.45, 7) is 2.57. The maximum absolute atomic E-state index is 16.0. The molecule has 1 aliphatic heterocycles. The first-order valence-electron chi connectivity index (χ1n) is 13.7. The van der Waals surface area contributed by atoms with Crippen LogP contribution in [-0.4, -0.2) is 65.7 Å². The van der Waals surface area contributed by atoms with Gasteiger partial charge in [-0.3, -0.25) is 9.78 Å². The van der Waals surface area contributed by atoms with Crippen LogP contribution in [0.1, 0.15) is 35.8 Å². The Labute approximate surface area is 261 Å². The zero-order valence-corrected chi connectivity index (χ0v) is 25.7. The Bertz CT molecular complexity index is 1930. The van der Waals surface area contributed by atoms with Crippen molar-refractivity contribution < 1.29 is 36.3 Å². The van der Waals surface area contributed by atoms with Gasteiger partial charge in [0.2, 0.25) is 9.84 Å². The van der Waals surface area contributed by atoms with E-state index in [9.17, 15) is 32.0 Å². The molecule has 4 aromatic rings. The number of halogens is 4. The minimum absolute atomic E-state index is 0.129. The zero-order chi connectivity index (χ0) is 32.7. The molecule has 1 fully saturated rings. The lowest BCUT2D eigenvalue weighted by molar-refractivity contribution is -0.428. The number of pyridine rings is 2. The monoisotopic (exact) mass is 662 g/mol. The van der Waals surface area contributed by atoms with Gasteiger partial charge in [-0.15, -0.1) is 0 Å². The highest BCUT2D eigenvalue weighted by molar-refractivity contribution is 7.91. The number of carbonyl (C=O) groups is 1. The highest BCUT2D eigenvalue weighted by Gasteiger charge is 2.30. The summed E-state index contributed by atoms with van der Waals surface area (Å²) in [6.07, 6.45) is 2.42. The SMILES string of the molecule is C[N+](=O)c1cc(-c2ccc3cnc(CNC(=O)c4cc(Cl)cc(S(=O)(=O)C(F)F)c4)cc3c2F)nc(N2CCC(C)(O)CC2)c1. The van der Waals surface area contributed by atoms with Crippen LogP contribution in [0.3, 0.4) is 0 Å². The van der Waals surface area contributed by atoms with E-state index in [1.165, 1.54) is 31.4 Å². The van der Waals surface area contributed by atoms with Gasteiger partial charge < -0.3 is 15.3 Å². The topological polar surface area (TPSA) is 133 Å². The summed E-state index contributed by atoms with van der Waals surface area (Å²) in [5.41, 5.74) is -0.188. The van der Waals surface area contributed by atoms with Crippen molar-refractivity contribution in [2.24, 2.45) is 0 Å². The van der Waals surface area contributed by atoms with E-state index in [0.717, 1.165) is 18.2 Å². The largest absolute Gasteiger partial charge is 0.390 e. The second kappa shape index (κ2) is 12.3. The number of nitrogens with one attached hydrogen (secondary N) is 1. The van der Waals surface area contributed by atoms with E-state index in [-0.39, 0.29) is 45.2 Å². The molecule has 1 amide bonds. The quantitative estimate of drug-likeness (QED) is 0.240. The van der Waals surface area contributed by atoms with Gasteiger partial charge in [-0.25, -0.2) is 17.8 Å². The lowest BCUT2D eigenvalue weighted by Gasteiger charge is -2.36. The van der Waals surface area contributed by atoms with E-state index in [1.54, 1.807) is 19.1 Å². The molecule has 0 aliphatic carbocycles. The molecule has 15 heteroatoms. The van der Waals surface area contributed by atoms with Crippen molar-refractivity contribution in [1.29, 1.82) is 0 Å². The van der Waals surface area contributed by atoms with Crippen molar-refractivity contribution in [3.8, 4) is 11.3 Å². The molecule has 2 N–H and O–H groups in total. The fourth-order valence-corrected chi connectivity index (χ4v) is 6.04. The number of aromatic nitrogens is 2. The first-order chi connectivity index (χ1) is 21.1. The standard InChI is InChI=1S/C30H27ClF3N5O5S/c1-30(41)5-7-39(8-6-30)26-14-21(38(2)42)13-25(37-26)23-4-3-17-15-35-20(12-24(17)27(23)32)16-36-28(40)18-9-19(31)11-22(10-18)45(43,44)29(33)34/h3-4,9-15,29,41H,5-8,16H2,1-2H3/p+1. The fourth-order valence-electron chi connectivity index (χ4n) is 4.95. The summed E-state index contributed by atoms with van der Waals surface area (Å²) < 4.78 is 66.5. The second-order valence-corrected chi connectivity index (χ2v) is 13.4. The van der Waals surface area contributed by atoms with Crippen molar-refractivity contribution in [1.82, 2.24) is 15.3 Å². The Kier molecular flexibility index (Phi) is 8.84. The average molecular weight is 663 g/mol. The Morgan fingerprint density at radius 1 is 1.16 bits per heavy atom. The number of benzene rings is 2. The molecule has 236 valence electrons. The van der Waals surface area contributed by atoms with Crippen molar-refractivity contribution in [2.75, 3.05) is 25.0 Å². The Hall–Kier alpha value is -4.14. The Morgan fingerprint density at radius 2 is 1.87 bits per heavy atom. The highest BCUT2D eigenvalue weighted by Crippen LogP contribution is 2.34. The fraction of sp³-hybridized carbons (Fsp3) is 0.300. The first-order valence-corrected chi connectivity index (χ1v) is 15.7. The molecule has 0 unspecified atom stereocenters. The Morgan fingerprint density at radius 3 is 2.53 bits per heavy atom. The minimum Gasteiger partial charge on any atom is -0.390 e. The normalized spacial score (nSPS) is 15.0. The lowest BCUT2D eigenvalue weighted by atomic mass is 9.94. The number of piperidine rings is 1. The van der Waals surface area contributed by atoms with Crippen LogP contribution in [-0.2, 0) is 16.4 Å². The highest BCUT2D eigenvalue weighted by atomic mass is 35.5. The van der Waals surface area contributed by atoms with Crippen molar-refractivity contribution in [3.05, 3.63) is 81.7 Å². The number of nitroso groups, excluding NO2 is 1. The number of fused-ring (bicyclic) bond motifs is 1. The molecule has 45 heavy (non-hydrogen) atoms. The number of hydrogen-bond donors (Lipinski definition) is 2. The van der Waals surface area contributed by atoms with Gasteiger partial charge in [0.1, 0.15) is 11.6 Å². The van der Waals surface area contributed by atoms with Gasteiger partial charge in [0.05, 0.1) is 34.5 Å². The van der Waals surface area contributed by atoms with Gasteiger partial charge in [-0.2, -0.15) is 8.78 Å². The molecule has 0 atom stereocenters. The minimum atomic E-state index is -4.99. The third kappa shape index (κ3) is 6.92. The maximum Gasteiger partial charge on any atom is 0.341 e. The third-order valence-corrected chi connectivity index (χ3v) is 9.20. The van der Waals surface area contributed by atoms with Gasteiger partial charge in [0, 0.05) is 61.9 Å². The van der Waals surface area contributed by atoms with E-state index in [1.807, 2.05) is 4.90 Å². The smallest absolute Gasteiger partial charge is 0.341 e. The number of hydrogen-bond acceptors (Lipinski definition) is 8. The lowest BCUT2D eigenvalue weighted by Crippen LogP contribution is -2.42. The molecule has 1 saturated heterocycles. The molecule has 2 aromatic heterocycles. The van der Waals surface area contributed by atoms with E-state index in [0.29, 0.717) is 41.9 Å². The number of sulfone groups is 1. The van der Waals surface area contributed by atoms with Crippen LogP contribution < -0.4 is 10.2 Å². The second-order valence-electron chi connectivity index (χ2n) is 11.0. The van der Waals surface area contributed by atoms with Crippen molar-refractivity contribution in [3.63, 3.8) is 0 Å². The molecule has 0 bridgehead atoms. The van der Waals surface area contributed by atoms with Crippen LogP contribution in [0, 0.1) is 10.7 Å². The zero-order valence-electron chi connectivity index (χ0n) is 24.1. The molecule has 0 spiro atoms. The molecule has 10 nitrogen and oxygen atoms in total. The van der Waals surface area contributed by atoms with Gasteiger partial charge in [0.25, 0.3) is 11.6 Å². The van der Waals surface area contributed by atoms with E-state index in [4.69, 9.17) is 11.6 Å². The maximum atomic E-state index is 16.0. The van der Waals surface area contributed by atoms with Gasteiger partial charge in [0.15, 0.2) is 7.05 Å². The van der Waals surface area contributed by atoms with Crippen molar-refractivity contribution >= 4 is 49.6 Å². The van der Waals surface area contributed by atoms with Crippen LogP contribution in [0.4, 0.5) is 24.7 Å². The van der Waals surface area contributed by atoms with Crippen LogP contribution >= 0.6 is 11.6 Å².